The summed E-state index contributed by atoms with van der Waals surface area (Å²) in [4.78, 5) is 16.5. The van der Waals surface area contributed by atoms with Gasteiger partial charge >= 0.3 is 0 Å². The number of fused-ring (bicyclic) bond motifs is 1. The lowest BCUT2D eigenvalue weighted by atomic mass is 10.0. The Morgan fingerprint density at radius 2 is 1.81 bits per heavy atom. The van der Waals surface area contributed by atoms with Crippen molar-refractivity contribution in [3.8, 4) is 11.1 Å². The lowest BCUT2D eigenvalue weighted by molar-refractivity contribution is 0.102. The molecule has 4 rings (SSSR count). The van der Waals surface area contributed by atoms with Gasteiger partial charge in [0.25, 0.3) is 5.91 Å². The van der Waals surface area contributed by atoms with E-state index >= 15 is 0 Å². The number of carbonyl (C=O) groups excluding carboxylic acids is 1. The fourth-order valence-electron chi connectivity index (χ4n) is 2.97. The smallest absolute Gasteiger partial charge is 0.259 e. The van der Waals surface area contributed by atoms with Crippen molar-refractivity contribution in [2.75, 3.05) is 5.32 Å². The Hall–Kier alpha value is -3.47. The van der Waals surface area contributed by atoms with Gasteiger partial charge in [0.2, 0.25) is 0 Å². The average molecular weight is 346 g/mol. The molecule has 2 aromatic carbocycles. The van der Waals surface area contributed by atoms with Crippen LogP contribution in [0.5, 0.6) is 0 Å². The van der Waals surface area contributed by atoms with Gasteiger partial charge in [-0.05, 0) is 37.3 Å². The number of aryl methyl sites for hydroxylation is 1. The number of nitrogens with zero attached hydrogens (tertiary/aromatic N) is 1. The molecular weight excluding hydrogens is 331 g/mol. The van der Waals surface area contributed by atoms with Crippen molar-refractivity contribution in [2.24, 2.45) is 0 Å². The first kappa shape index (κ1) is 16.0. The van der Waals surface area contributed by atoms with Crippen LogP contribution < -0.4 is 5.32 Å². The molecule has 0 aliphatic heterocycles. The van der Waals surface area contributed by atoms with Gasteiger partial charge in [-0.2, -0.15) is 0 Å². The van der Waals surface area contributed by atoms with Crippen molar-refractivity contribution in [1.82, 2.24) is 4.98 Å². The molecule has 1 N–H and O–H groups in total. The molecule has 0 fully saturated rings. The average Bonchev–Trinajstić information content (AvgIpc) is 2.98. The molecule has 1 amide bonds. The van der Waals surface area contributed by atoms with Gasteiger partial charge in [-0.25, -0.2) is 9.37 Å². The Morgan fingerprint density at radius 1 is 1.04 bits per heavy atom. The third-order valence-electron chi connectivity index (χ3n) is 4.18. The number of pyridine rings is 1. The minimum atomic E-state index is -0.567. The largest absolute Gasteiger partial charge is 0.461 e. The molecular formula is C21H15FN2O2. The number of para-hydroxylation sites is 1. The van der Waals surface area contributed by atoms with Gasteiger partial charge in [-0.15, -0.1) is 0 Å². The van der Waals surface area contributed by atoms with E-state index in [9.17, 15) is 9.18 Å². The Bertz CT molecular complexity index is 1100. The number of amides is 1. The van der Waals surface area contributed by atoms with Gasteiger partial charge in [0.15, 0.2) is 0 Å². The lowest BCUT2D eigenvalue weighted by Gasteiger charge is -2.06. The van der Waals surface area contributed by atoms with Gasteiger partial charge < -0.3 is 9.73 Å². The second-order valence-electron chi connectivity index (χ2n) is 5.90. The highest BCUT2D eigenvalue weighted by Crippen LogP contribution is 2.34. The van der Waals surface area contributed by atoms with Crippen LogP contribution in [0.25, 0.3) is 22.1 Å². The number of aromatic nitrogens is 1. The molecule has 0 aliphatic carbocycles. The van der Waals surface area contributed by atoms with Crippen LogP contribution in [0.4, 0.5) is 10.2 Å². The maximum atomic E-state index is 13.7. The van der Waals surface area contributed by atoms with E-state index in [2.05, 4.69) is 10.3 Å². The number of benzene rings is 2. The molecule has 0 atom stereocenters. The molecule has 4 nitrogen and oxygen atoms in total. The second-order valence-corrected chi connectivity index (χ2v) is 5.90. The van der Waals surface area contributed by atoms with E-state index in [-0.39, 0.29) is 5.56 Å². The van der Waals surface area contributed by atoms with Crippen LogP contribution in [0.15, 0.2) is 71.3 Å². The van der Waals surface area contributed by atoms with Crippen molar-refractivity contribution >= 4 is 22.7 Å². The Labute approximate surface area is 149 Å². The molecule has 0 radical (unpaired) electrons. The van der Waals surface area contributed by atoms with Crippen LogP contribution in [0.2, 0.25) is 0 Å². The lowest BCUT2D eigenvalue weighted by Crippen LogP contribution is -2.14. The Balaban J connectivity index is 1.62. The molecule has 5 heteroatoms. The summed E-state index contributed by atoms with van der Waals surface area (Å²) in [5.41, 5.74) is 2.66. The van der Waals surface area contributed by atoms with Gasteiger partial charge in [0.1, 0.15) is 23.0 Å². The summed E-state index contributed by atoms with van der Waals surface area (Å²) in [6.45, 7) is 1.91. The number of anilines is 1. The van der Waals surface area contributed by atoms with Crippen LogP contribution in [-0.4, -0.2) is 10.9 Å². The predicted octanol–water partition coefficient (Wildman–Crippen LogP) is 5.19. The zero-order valence-electron chi connectivity index (χ0n) is 14.0. The zero-order chi connectivity index (χ0) is 18.1. The van der Waals surface area contributed by atoms with E-state index in [1.807, 2.05) is 37.3 Å². The van der Waals surface area contributed by atoms with Crippen LogP contribution >= 0.6 is 0 Å². The van der Waals surface area contributed by atoms with E-state index in [0.717, 1.165) is 27.9 Å². The van der Waals surface area contributed by atoms with Crippen LogP contribution in [0.1, 0.15) is 16.1 Å². The van der Waals surface area contributed by atoms with Crippen molar-refractivity contribution in [3.05, 3.63) is 84.0 Å². The van der Waals surface area contributed by atoms with Crippen molar-refractivity contribution in [2.45, 2.75) is 6.92 Å². The molecule has 26 heavy (non-hydrogen) atoms. The summed E-state index contributed by atoms with van der Waals surface area (Å²) >= 11 is 0. The van der Waals surface area contributed by atoms with E-state index in [4.69, 9.17) is 4.42 Å². The van der Waals surface area contributed by atoms with Crippen LogP contribution in [0.3, 0.4) is 0 Å². The van der Waals surface area contributed by atoms with E-state index < -0.39 is 11.7 Å². The number of hydrogen-bond acceptors (Lipinski definition) is 3. The molecule has 0 saturated heterocycles. The first-order chi connectivity index (χ1) is 12.6. The molecule has 0 bridgehead atoms. The highest BCUT2D eigenvalue weighted by atomic mass is 19.1. The third-order valence-corrected chi connectivity index (χ3v) is 4.18. The molecule has 0 saturated carbocycles. The summed E-state index contributed by atoms with van der Waals surface area (Å²) in [6.07, 6.45) is 1.67. The maximum Gasteiger partial charge on any atom is 0.259 e. The first-order valence-electron chi connectivity index (χ1n) is 8.14. The monoisotopic (exact) mass is 346 g/mol. The molecule has 128 valence electrons. The minimum Gasteiger partial charge on any atom is -0.461 e. The van der Waals surface area contributed by atoms with Crippen molar-refractivity contribution < 1.29 is 13.6 Å². The van der Waals surface area contributed by atoms with Gasteiger partial charge in [-0.1, -0.05) is 30.3 Å². The highest BCUT2D eigenvalue weighted by Gasteiger charge is 2.14. The molecule has 0 aliphatic rings. The molecule has 0 unspecified atom stereocenters. The molecule has 2 aromatic heterocycles. The van der Waals surface area contributed by atoms with Crippen LogP contribution in [0, 0.1) is 12.7 Å². The van der Waals surface area contributed by atoms with Crippen molar-refractivity contribution in [3.63, 3.8) is 0 Å². The minimum absolute atomic E-state index is 0.0185. The zero-order valence-corrected chi connectivity index (χ0v) is 14.0. The number of furan rings is 1. The fourth-order valence-corrected chi connectivity index (χ4v) is 2.97. The fraction of sp³-hybridized carbons (Fsp3) is 0.0476. The number of halogens is 1. The molecule has 4 aromatic rings. The van der Waals surface area contributed by atoms with Gasteiger partial charge in [0, 0.05) is 22.7 Å². The first-order valence-corrected chi connectivity index (χ1v) is 8.14. The number of hydrogen-bond donors (Lipinski definition) is 1. The van der Waals surface area contributed by atoms with Gasteiger partial charge in [0.05, 0.1) is 5.56 Å². The van der Waals surface area contributed by atoms with Crippen LogP contribution in [-0.2, 0) is 0 Å². The van der Waals surface area contributed by atoms with Gasteiger partial charge in [-0.3, -0.25) is 4.79 Å². The quantitative estimate of drug-likeness (QED) is 0.555. The number of carbonyl (C=O) groups is 1. The highest BCUT2D eigenvalue weighted by molar-refractivity contribution is 6.04. The summed E-state index contributed by atoms with van der Waals surface area (Å²) in [7, 11) is 0. The normalized spacial score (nSPS) is 10.8. The third kappa shape index (κ3) is 2.84. The van der Waals surface area contributed by atoms with E-state index in [0.29, 0.717) is 5.82 Å². The molecule has 0 spiro atoms. The summed E-state index contributed by atoms with van der Waals surface area (Å²) in [6, 6.07) is 17.2. The number of nitrogens with one attached hydrogen (secondary N) is 1. The SMILES string of the molecule is Cc1oc2ccccc2c1-c1ccc(NC(=O)c2ccccc2F)nc1. The number of rotatable bonds is 3. The summed E-state index contributed by atoms with van der Waals surface area (Å²) < 4.78 is 19.5. The van der Waals surface area contributed by atoms with Crippen molar-refractivity contribution in [1.29, 1.82) is 0 Å². The summed E-state index contributed by atoms with van der Waals surface area (Å²) in [5.74, 6) is 0.0546. The molecule has 2 heterocycles. The Morgan fingerprint density at radius 3 is 2.58 bits per heavy atom. The standard InChI is InChI=1S/C21H15FN2O2/c1-13-20(16-7-3-5-9-18(16)26-13)14-10-11-19(23-12-14)24-21(25)15-6-2-4-8-17(15)22/h2-12H,1H3,(H,23,24,25). The Kier molecular flexibility index (Phi) is 3.97. The summed E-state index contributed by atoms with van der Waals surface area (Å²) in [5, 5.41) is 3.62. The van der Waals surface area contributed by atoms with E-state index in [1.54, 1.807) is 18.3 Å². The topological polar surface area (TPSA) is 55.1 Å². The maximum absolute atomic E-state index is 13.7. The second kappa shape index (κ2) is 6.44. The predicted molar refractivity (Wildman–Crippen MR) is 98.5 cm³/mol. The van der Waals surface area contributed by atoms with E-state index in [1.165, 1.54) is 18.2 Å².